The van der Waals surface area contributed by atoms with E-state index in [1.807, 2.05) is 55.5 Å². The Kier molecular flexibility index (Phi) is 3.55. The standard InChI is InChI=1S/C16H15N3O2/c1-2-20-14-8-6-11(7-9-14)16-18-15(19-21-16)12-4-3-5-13(17)10-12/h3-10H,2,17H2,1H3. The number of hydrogen-bond donors (Lipinski definition) is 1. The van der Waals surface area contributed by atoms with Crippen LogP contribution in [0.5, 0.6) is 5.75 Å². The predicted molar refractivity (Wildman–Crippen MR) is 80.8 cm³/mol. The van der Waals surface area contributed by atoms with Crippen LogP contribution in [0.2, 0.25) is 0 Å². The van der Waals surface area contributed by atoms with Gasteiger partial charge in [0, 0.05) is 16.8 Å². The van der Waals surface area contributed by atoms with Crippen LogP contribution in [-0.2, 0) is 0 Å². The van der Waals surface area contributed by atoms with Crippen LogP contribution in [0.4, 0.5) is 5.69 Å². The van der Waals surface area contributed by atoms with E-state index >= 15 is 0 Å². The molecule has 2 N–H and O–H groups in total. The van der Waals surface area contributed by atoms with Gasteiger partial charge in [-0.3, -0.25) is 0 Å². The normalized spacial score (nSPS) is 10.5. The van der Waals surface area contributed by atoms with Crippen molar-refractivity contribution in [3.8, 4) is 28.6 Å². The van der Waals surface area contributed by atoms with Crippen molar-refractivity contribution in [3.63, 3.8) is 0 Å². The molecule has 0 unspecified atom stereocenters. The summed E-state index contributed by atoms with van der Waals surface area (Å²) in [5.74, 6) is 1.80. The molecule has 3 rings (SSSR count). The number of ether oxygens (including phenoxy) is 1. The Labute approximate surface area is 122 Å². The molecule has 0 fully saturated rings. The van der Waals surface area contributed by atoms with Gasteiger partial charge in [0.2, 0.25) is 5.82 Å². The van der Waals surface area contributed by atoms with E-state index in [1.54, 1.807) is 0 Å². The molecule has 0 amide bonds. The molecular formula is C16H15N3O2. The number of rotatable bonds is 4. The highest BCUT2D eigenvalue weighted by Crippen LogP contribution is 2.24. The van der Waals surface area contributed by atoms with Gasteiger partial charge in [0.25, 0.3) is 5.89 Å². The molecule has 0 radical (unpaired) electrons. The molecule has 0 spiro atoms. The quantitative estimate of drug-likeness (QED) is 0.742. The Morgan fingerprint density at radius 2 is 1.90 bits per heavy atom. The van der Waals surface area contributed by atoms with Crippen LogP contribution in [0.3, 0.4) is 0 Å². The van der Waals surface area contributed by atoms with Crippen molar-refractivity contribution in [1.29, 1.82) is 0 Å². The van der Waals surface area contributed by atoms with E-state index < -0.39 is 0 Å². The first-order valence-electron chi connectivity index (χ1n) is 6.69. The van der Waals surface area contributed by atoms with Gasteiger partial charge in [0.15, 0.2) is 0 Å². The Morgan fingerprint density at radius 1 is 1.10 bits per heavy atom. The van der Waals surface area contributed by atoms with Crippen LogP contribution in [0, 0.1) is 0 Å². The second-order valence-electron chi connectivity index (χ2n) is 4.51. The van der Waals surface area contributed by atoms with Crippen molar-refractivity contribution >= 4 is 5.69 Å². The van der Waals surface area contributed by atoms with E-state index in [9.17, 15) is 0 Å². The van der Waals surface area contributed by atoms with Crippen molar-refractivity contribution in [1.82, 2.24) is 10.1 Å². The van der Waals surface area contributed by atoms with Crippen molar-refractivity contribution < 1.29 is 9.26 Å². The highest BCUT2D eigenvalue weighted by molar-refractivity contribution is 5.63. The average Bonchev–Trinajstić information content (AvgIpc) is 2.98. The molecule has 21 heavy (non-hydrogen) atoms. The molecule has 0 saturated carbocycles. The molecule has 0 atom stereocenters. The number of nitrogen functional groups attached to an aromatic ring is 1. The van der Waals surface area contributed by atoms with Crippen LogP contribution in [-0.4, -0.2) is 16.7 Å². The zero-order valence-electron chi connectivity index (χ0n) is 11.6. The average molecular weight is 281 g/mol. The number of benzene rings is 2. The van der Waals surface area contributed by atoms with Gasteiger partial charge in [-0.05, 0) is 43.3 Å². The van der Waals surface area contributed by atoms with Gasteiger partial charge >= 0.3 is 0 Å². The fourth-order valence-electron chi connectivity index (χ4n) is 2.00. The zero-order chi connectivity index (χ0) is 14.7. The molecular weight excluding hydrogens is 266 g/mol. The minimum Gasteiger partial charge on any atom is -0.494 e. The maximum absolute atomic E-state index is 5.76. The number of aromatic nitrogens is 2. The molecule has 5 heteroatoms. The molecule has 2 aromatic carbocycles. The monoisotopic (exact) mass is 281 g/mol. The van der Waals surface area contributed by atoms with Gasteiger partial charge in [-0.1, -0.05) is 17.3 Å². The van der Waals surface area contributed by atoms with Crippen molar-refractivity contribution in [2.24, 2.45) is 0 Å². The van der Waals surface area contributed by atoms with Gasteiger partial charge in [-0.2, -0.15) is 4.98 Å². The molecule has 0 bridgehead atoms. The van der Waals surface area contributed by atoms with E-state index in [1.165, 1.54) is 0 Å². The number of nitrogens with two attached hydrogens (primary N) is 1. The maximum Gasteiger partial charge on any atom is 0.258 e. The van der Waals surface area contributed by atoms with Gasteiger partial charge in [0.1, 0.15) is 5.75 Å². The molecule has 106 valence electrons. The Bertz CT molecular complexity index is 735. The molecule has 0 saturated heterocycles. The zero-order valence-corrected chi connectivity index (χ0v) is 11.6. The van der Waals surface area contributed by atoms with E-state index in [-0.39, 0.29) is 0 Å². The summed E-state index contributed by atoms with van der Waals surface area (Å²) in [6.45, 7) is 2.59. The summed E-state index contributed by atoms with van der Waals surface area (Å²) in [6.07, 6.45) is 0. The third-order valence-electron chi connectivity index (χ3n) is 2.98. The number of anilines is 1. The fourth-order valence-corrected chi connectivity index (χ4v) is 2.00. The van der Waals surface area contributed by atoms with Crippen molar-refractivity contribution in [2.75, 3.05) is 12.3 Å². The molecule has 0 aliphatic carbocycles. The van der Waals surface area contributed by atoms with Crippen LogP contribution < -0.4 is 10.5 Å². The highest BCUT2D eigenvalue weighted by atomic mass is 16.5. The van der Waals surface area contributed by atoms with E-state index in [0.717, 1.165) is 16.9 Å². The van der Waals surface area contributed by atoms with E-state index in [4.69, 9.17) is 15.0 Å². The maximum atomic E-state index is 5.76. The van der Waals surface area contributed by atoms with Crippen LogP contribution in [0.25, 0.3) is 22.8 Å². The fraction of sp³-hybridized carbons (Fsp3) is 0.125. The SMILES string of the molecule is CCOc1ccc(-c2nc(-c3cccc(N)c3)no2)cc1. The summed E-state index contributed by atoms with van der Waals surface area (Å²) >= 11 is 0. The Morgan fingerprint density at radius 3 is 2.62 bits per heavy atom. The minimum atomic E-state index is 0.468. The summed E-state index contributed by atoms with van der Waals surface area (Å²) in [5.41, 5.74) is 8.10. The van der Waals surface area contributed by atoms with Crippen molar-refractivity contribution in [2.45, 2.75) is 6.92 Å². The summed E-state index contributed by atoms with van der Waals surface area (Å²) in [4.78, 5) is 4.39. The van der Waals surface area contributed by atoms with Crippen LogP contribution in [0.15, 0.2) is 53.1 Å². The van der Waals surface area contributed by atoms with Gasteiger partial charge in [-0.15, -0.1) is 0 Å². The molecule has 0 aliphatic heterocycles. The Hall–Kier alpha value is -2.82. The third-order valence-corrected chi connectivity index (χ3v) is 2.98. The lowest BCUT2D eigenvalue weighted by atomic mass is 10.2. The second-order valence-corrected chi connectivity index (χ2v) is 4.51. The lowest BCUT2D eigenvalue weighted by Crippen LogP contribution is -1.90. The summed E-state index contributed by atoms with van der Waals surface area (Å²) in [5, 5.41) is 3.99. The predicted octanol–water partition coefficient (Wildman–Crippen LogP) is 3.38. The highest BCUT2D eigenvalue weighted by Gasteiger charge is 2.10. The van der Waals surface area contributed by atoms with E-state index in [0.29, 0.717) is 24.0 Å². The molecule has 1 aromatic heterocycles. The van der Waals surface area contributed by atoms with Crippen molar-refractivity contribution in [3.05, 3.63) is 48.5 Å². The number of nitrogens with zero attached hydrogens (tertiary/aromatic N) is 2. The summed E-state index contributed by atoms with van der Waals surface area (Å²) in [6, 6.07) is 14.9. The van der Waals surface area contributed by atoms with Crippen LogP contribution in [0.1, 0.15) is 6.92 Å². The van der Waals surface area contributed by atoms with E-state index in [2.05, 4.69) is 10.1 Å². The first kappa shape index (κ1) is 13.2. The van der Waals surface area contributed by atoms with Crippen LogP contribution >= 0.6 is 0 Å². The smallest absolute Gasteiger partial charge is 0.258 e. The molecule has 1 heterocycles. The van der Waals surface area contributed by atoms with Gasteiger partial charge < -0.3 is 15.0 Å². The first-order valence-corrected chi connectivity index (χ1v) is 6.69. The molecule has 3 aromatic rings. The number of hydrogen-bond acceptors (Lipinski definition) is 5. The summed E-state index contributed by atoms with van der Waals surface area (Å²) < 4.78 is 10.7. The minimum absolute atomic E-state index is 0.468. The lowest BCUT2D eigenvalue weighted by molar-refractivity contribution is 0.340. The van der Waals surface area contributed by atoms with Gasteiger partial charge in [0.05, 0.1) is 6.61 Å². The third kappa shape index (κ3) is 2.86. The second kappa shape index (κ2) is 5.66. The largest absolute Gasteiger partial charge is 0.494 e. The topological polar surface area (TPSA) is 74.2 Å². The molecule has 0 aliphatic rings. The molecule has 5 nitrogen and oxygen atoms in total. The van der Waals surface area contributed by atoms with Gasteiger partial charge in [-0.25, -0.2) is 0 Å². The lowest BCUT2D eigenvalue weighted by Gasteiger charge is -2.02. The summed E-state index contributed by atoms with van der Waals surface area (Å²) in [7, 11) is 0. The Balaban J connectivity index is 1.87. The first-order chi connectivity index (χ1) is 10.3.